The molecule has 0 saturated carbocycles. The predicted octanol–water partition coefficient (Wildman–Crippen LogP) is 7.40. The highest BCUT2D eigenvalue weighted by Crippen LogP contribution is 2.52. The van der Waals surface area contributed by atoms with Crippen LogP contribution in [0.25, 0.3) is 0 Å². The Morgan fingerprint density at radius 2 is 1.72 bits per heavy atom. The van der Waals surface area contributed by atoms with Crippen LogP contribution in [-0.4, -0.2) is 27.1 Å². The third-order valence-electron chi connectivity index (χ3n) is 5.09. The van der Waals surface area contributed by atoms with Crippen LogP contribution in [0.2, 0.25) is 0 Å². The van der Waals surface area contributed by atoms with E-state index < -0.39 is 15.0 Å². The maximum Gasteiger partial charge on any atom is 0.375 e. The van der Waals surface area contributed by atoms with Gasteiger partial charge in [0.25, 0.3) is 0 Å². The van der Waals surface area contributed by atoms with Crippen molar-refractivity contribution >= 4 is 15.0 Å². The van der Waals surface area contributed by atoms with E-state index >= 15 is 0 Å². The molecule has 0 radical (unpaired) electrons. The summed E-state index contributed by atoms with van der Waals surface area (Å²) in [4.78, 5) is 0. The van der Waals surface area contributed by atoms with E-state index in [9.17, 15) is 9.13 Å². The Balaban J connectivity index is 2.61. The van der Waals surface area contributed by atoms with Crippen molar-refractivity contribution in [3.8, 4) is 11.5 Å². The lowest BCUT2D eigenvalue weighted by Crippen LogP contribution is -2.08. The highest BCUT2D eigenvalue weighted by Gasteiger charge is 2.28. The van der Waals surface area contributed by atoms with Crippen molar-refractivity contribution in [3.63, 3.8) is 0 Å². The first-order chi connectivity index (χ1) is 13.5. The van der Waals surface area contributed by atoms with E-state index in [-0.39, 0.29) is 5.92 Å². The molecule has 2 unspecified atom stereocenters. The summed E-state index contributed by atoms with van der Waals surface area (Å²) < 4.78 is 42.2. The SMILES string of the molecule is CCCCCc1cc(OP(C)(C)=O)c(C2C=C(C)CCC2)c(OP(C)(=O)OC)c1. The molecule has 29 heavy (non-hydrogen) atoms. The molecule has 1 aromatic rings. The van der Waals surface area contributed by atoms with E-state index in [0.29, 0.717) is 11.5 Å². The average molecular weight is 442 g/mol. The highest BCUT2D eigenvalue weighted by molar-refractivity contribution is 7.57. The van der Waals surface area contributed by atoms with Gasteiger partial charge in [0, 0.05) is 38.6 Å². The largest absolute Gasteiger partial charge is 0.443 e. The molecular formula is C22H36O5P2. The van der Waals surface area contributed by atoms with Gasteiger partial charge in [0.15, 0.2) is 0 Å². The number of hydrogen-bond acceptors (Lipinski definition) is 5. The van der Waals surface area contributed by atoms with E-state index in [1.54, 1.807) is 13.3 Å². The van der Waals surface area contributed by atoms with Gasteiger partial charge in [0.1, 0.15) is 11.5 Å². The first-order valence-electron chi connectivity index (χ1n) is 10.5. The summed E-state index contributed by atoms with van der Waals surface area (Å²) in [7, 11) is -4.65. The molecule has 164 valence electrons. The van der Waals surface area contributed by atoms with Gasteiger partial charge in [-0.15, -0.1) is 0 Å². The Hall–Kier alpha value is -1.02. The van der Waals surface area contributed by atoms with Crippen molar-refractivity contribution in [2.24, 2.45) is 0 Å². The standard InChI is InChI=1S/C22H36O5P2/c1-7-8-9-12-18-15-20(26-28(4,5)23)22(19-13-10-11-17(2)14-19)21(16-18)27-29(6,24)25-3/h14-16,19H,7-13H2,1-6H3. The summed E-state index contributed by atoms with van der Waals surface area (Å²) in [6, 6.07) is 3.95. The number of aryl methyl sites for hydroxylation is 1. The molecule has 1 aliphatic carbocycles. The molecule has 1 aromatic carbocycles. The van der Waals surface area contributed by atoms with E-state index in [0.717, 1.165) is 56.1 Å². The van der Waals surface area contributed by atoms with Crippen molar-refractivity contribution in [2.45, 2.75) is 64.7 Å². The third-order valence-corrected chi connectivity index (χ3v) is 6.92. The summed E-state index contributed by atoms with van der Waals surface area (Å²) in [6.45, 7) is 8.98. The maximum atomic E-state index is 12.7. The number of allylic oxidation sites excluding steroid dienone is 2. The third kappa shape index (κ3) is 7.63. The average Bonchev–Trinajstić information content (AvgIpc) is 2.60. The van der Waals surface area contributed by atoms with E-state index in [1.807, 2.05) is 12.1 Å². The summed E-state index contributed by atoms with van der Waals surface area (Å²) in [5.74, 6) is 1.17. The van der Waals surface area contributed by atoms with Crippen molar-refractivity contribution < 1.29 is 22.7 Å². The minimum atomic E-state index is -3.26. The van der Waals surface area contributed by atoms with Gasteiger partial charge in [-0.25, -0.2) is 4.57 Å². The molecule has 0 N–H and O–H groups in total. The van der Waals surface area contributed by atoms with Crippen LogP contribution in [0.5, 0.6) is 11.5 Å². The molecular weight excluding hydrogens is 406 g/mol. The number of unbranched alkanes of at least 4 members (excludes halogenated alkanes) is 2. The summed E-state index contributed by atoms with van der Waals surface area (Å²) >= 11 is 0. The predicted molar refractivity (Wildman–Crippen MR) is 121 cm³/mol. The van der Waals surface area contributed by atoms with Crippen LogP contribution < -0.4 is 9.05 Å². The zero-order valence-corrected chi connectivity index (χ0v) is 20.5. The first-order valence-corrected chi connectivity index (χ1v) is 15.0. The number of benzene rings is 1. The smallest absolute Gasteiger partial charge is 0.375 e. The molecule has 0 spiro atoms. The van der Waals surface area contributed by atoms with E-state index in [4.69, 9.17) is 13.6 Å². The van der Waals surface area contributed by atoms with Gasteiger partial charge in [0.2, 0.25) is 7.37 Å². The molecule has 0 heterocycles. The molecule has 2 rings (SSSR count). The van der Waals surface area contributed by atoms with Crippen LogP contribution in [0, 0.1) is 0 Å². The van der Waals surface area contributed by atoms with Gasteiger partial charge in [-0.05, 0) is 56.7 Å². The van der Waals surface area contributed by atoms with Crippen LogP contribution in [0.3, 0.4) is 0 Å². The Labute approximate surface area is 176 Å². The Morgan fingerprint density at radius 3 is 2.28 bits per heavy atom. The second kappa shape index (κ2) is 10.3. The Bertz CT molecular complexity index is 825. The van der Waals surface area contributed by atoms with Crippen molar-refractivity contribution in [2.75, 3.05) is 27.1 Å². The molecule has 0 bridgehead atoms. The summed E-state index contributed by atoms with van der Waals surface area (Å²) in [5.41, 5.74) is 3.17. The monoisotopic (exact) mass is 442 g/mol. The lowest BCUT2D eigenvalue weighted by Gasteiger charge is -2.27. The summed E-state index contributed by atoms with van der Waals surface area (Å²) in [6.07, 6.45) is 9.46. The lowest BCUT2D eigenvalue weighted by atomic mass is 9.84. The Kier molecular flexibility index (Phi) is 8.64. The quantitative estimate of drug-likeness (QED) is 0.215. The number of rotatable bonds is 10. The van der Waals surface area contributed by atoms with Crippen LogP contribution in [0.15, 0.2) is 23.8 Å². The maximum absolute atomic E-state index is 12.7. The van der Waals surface area contributed by atoms with Crippen molar-refractivity contribution in [3.05, 3.63) is 34.9 Å². The van der Waals surface area contributed by atoms with Crippen molar-refractivity contribution in [1.29, 1.82) is 0 Å². The zero-order valence-electron chi connectivity index (χ0n) is 18.7. The minimum absolute atomic E-state index is 0.0712. The topological polar surface area (TPSA) is 61.8 Å². The minimum Gasteiger partial charge on any atom is -0.443 e. The Morgan fingerprint density at radius 1 is 1.07 bits per heavy atom. The molecule has 2 atom stereocenters. The molecule has 5 nitrogen and oxygen atoms in total. The first kappa shape index (κ1) is 24.3. The molecule has 1 aliphatic rings. The number of hydrogen-bond donors (Lipinski definition) is 0. The normalized spacial score (nSPS) is 19.4. The second-order valence-electron chi connectivity index (χ2n) is 8.36. The van der Waals surface area contributed by atoms with Crippen LogP contribution in [0.1, 0.15) is 69.4 Å². The van der Waals surface area contributed by atoms with E-state index in [2.05, 4.69) is 19.9 Å². The van der Waals surface area contributed by atoms with Crippen LogP contribution in [0.4, 0.5) is 0 Å². The van der Waals surface area contributed by atoms with Gasteiger partial charge in [-0.2, -0.15) is 0 Å². The van der Waals surface area contributed by atoms with Crippen LogP contribution in [-0.2, 0) is 20.1 Å². The van der Waals surface area contributed by atoms with Gasteiger partial charge < -0.3 is 13.6 Å². The second-order valence-corrected chi connectivity index (χ2v) is 13.1. The van der Waals surface area contributed by atoms with Crippen molar-refractivity contribution in [1.82, 2.24) is 0 Å². The van der Waals surface area contributed by atoms with Gasteiger partial charge in [-0.1, -0.05) is 31.4 Å². The molecule has 0 aliphatic heterocycles. The van der Waals surface area contributed by atoms with Gasteiger partial charge in [0.05, 0.1) is 0 Å². The fourth-order valence-electron chi connectivity index (χ4n) is 3.69. The fourth-order valence-corrected chi connectivity index (χ4v) is 4.89. The molecule has 0 fully saturated rings. The lowest BCUT2D eigenvalue weighted by molar-refractivity contribution is 0.326. The zero-order chi connectivity index (χ0) is 21.7. The molecule has 0 amide bonds. The van der Waals surface area contributed by atoms with Gasteiger partial charge >= 0.3 is 7.60 Å². The van der Waals surface area contributed by atoms with E-state index in [1.165, 1.54) is 19.3 Å². The van der Waals surface area contributed by atoms with Gasteiger partial charge in [-0.3, -0.25) is 4.57 Å². The van der Waals surface area contributed by atoms with Crippen LogP contribution >= 0.6 is 15.0 Å². The molecule has 7 heteroatoms. The molecule has 0 aromatic heterocycles. The molecule has 0 saturated heterocycles. The summed E-state index contributed by atoms with van der Waals surface area (Å²) in [5, 5.41) is 0. The highest BCUT2D eigenvalue weighted by atomic mass is 31.2. The fraction of sp³-hybridized carbons (Fsp3) is 0.636.